The van der Waals surface area contributed by atoms with Crippen LogP contribution in [0.1, 0.15) is 28.4 Å². The Balaban J connectivity index is 2.25. The summed E-state index contributed by atoms with van der Waals surface area (Å²) >= 11 is 0. The van der Waals surface area contributed by atoms with Gasteiger partial charge in [0.05, 0.1) is 9.79 Å². The summed E-state index contributed by atoms with van der Waals surface area (Å²) in [6.45, 7) is 2.74. The van der Waals surface area contributed by atoms with Gasteiger partial charge in [-0.05, 0) is 55.7 Å². The van der Waals surface area contributed by atoms with Crippen molar-refractivity contribution in [2.45, 2.75) is 42.3 Å². The summed E-state index contributed by atoms with van der Waals surface area (Å²) in [5, 5.41) is 20.7. The van der Waals surface area contributed by atoms with Gasteiger partial charge < -0.3 is 15.5 Å². The molecule has 2 aromatic carbocycles. The first-order valence-corrected chi connectivity index (χ1v) is 10.0. The Morgan fingerprint density at radius 2 is 1.67 bits per heavy atom. The minimum Gasteiger partial charge on any atom is -0.507 e. The topological polar surface area (TPSA) is 121 Å². The zero-order chi connectivity index (χ0) is 22.9. The third-order valence-corrected chi connectivity index (χ3v) is 5.97. The van der Waals surface area contributed by atoms with Crippen molar-refractivity contribution >= 4 is 21.7 Å². The van der Waals surface area contributed by atoms with Crippen LogP contribution in [0.2, 0.25) is 0 Å². The number of hydrogen-bond acceptors (Lipinski definition) is 5. The molecule has 7 nitrogen and oxygen atoms in total. The SMILES string of the molecule is Cc1cc(S(=O)(=O)c2ccc(CC(C)NC(=O)C(F)(F)F)cc2)cc(C(=O)O)c1O. The predicted molar refractivity (Wildman–Crippen MR) is 99.1 cm³/mol. The number of carboxylic acids is 1. The maximum atomic E-state index is 12.8. The first kappa shape index (κ1) is 23.2. The Morgan fingerprint density at radius 1 is 1.10 bits per heavy atom. The number of phenols is 1. The van der Waals surface area contributed by atoms with Crippen LogP contribution in [0.5, 0.6) is 5.75 Å². The lowest BCUT2D eigenvalue weighted by molar-refractivity contribution is -0.174. The van der Waals surface area contributed by atoms with Crippen LogP contribution in [-0.2, 0) is 21.1 Å². The summed E-state index contributed by atoms with van der Waals surface area (Å²) in [4.78, 5) is 21.7. The van der Waals surface area contributed by atoms with Gasteiger partial charge in [-0.15, -0.1) is 0 Å². The zero-order valence-electron chi connectivity index (χ0n) is 15.8. The van der Waals surface area contributed by atoms with Crippen molar-refractivity contribution in [3.8, 4) is 5.75 Å². The second-order valence-corrected chi connectivity index (χ2v) is 8.61. The molecule has 0 fully saturated rings. The molecule has 0 aliphatic carbocycles. The van der Waals surface area contributed by atoms with Crippen LogP contribution in [0.3, 0.4) is 0 Å². The number of amides is 1. The van der Waals surface area contributed by atoms with Crippen molar-refractivity contribution in [2.24, 2.45) is 0 Å². The summed E-state index contributed by atoms with van der Waals surface area (Å²) in [6, 6.07) is 6.36. The van der Waals surface area contributed by atoms with Gasteiger partial charge in [-0.25, -0.2) is 13.2 Å². The molecule has 0 heterocycles. The number of carboxylic acid groups (broad SMARTS) is 1. The van der Waals surface area contributed by atoms with E-state index in [1.807, 2.05) is 0 Å². The van der Waals surface area contributed by atoms with E-state index in [0.717, 1.165) is 12.1 Å². The number of nitrogens with one attached hydrogen (secondary N) is 1. The highest BCUT2D eigenvalue weighted by molar-refractivity contribution is 7.91. The van der Waals surface area contributed by atoms with Crippen LogP contribution in [0.15, 0.2) is 46.2 Å². The molecule has 0 saturated carbocycles. The molecule has 0 aliphatic rings. The molecule has 0 radical (unpaired) electrons. The highest BCUT2D eigenvalue weighted by Crippen LogP contribution is 2.29. The average Bonchev–Trinajstić information content (AvgIpc) is 2.63. The molecule has 0 aromatic heterocycles. The van der Waals surface area contributed by atoms with Gasteiger partial charge in [-0.3, -0.25) is 4.79 Å². The third kappa shape index (κ3) is 5.09. The molecular weight excluding hydrogens is 427 g/mol. The Hall–Kier alpha value is -3.08. The number of alkyl halides is 3. The van der Waals surface area contributed by atoms with Crippen molar-refractivity contribution < 1.29 is 41.4 Å². The van der Waals surface area contributed by atoms with Crippen LogP contribution >= 0.6 is 0 Å². The number of rotatable bonds is 6. The Morgan fingerprint density at radius 3 is 2.17 bits per heavy atom. The van der Waals surface area contributed by atoms with Crippen molar-refractivity contribution in [1.29, 1.82) is 0 Å². The number of aryl methyl sites for hydroxylation is 1. The predicted octanol–water partition coefficient (Wildman–Crippen LogP) is 2.84. The van der Waals surface area contributed by atoms with E-state index in [1.165, 1.54) is 38.1 Å². The molecular formula is C19H18F3NO6S. The minimum absolute atomic E-state index is 0.0314. The number of carbonyl (C=O) groups is 2. The van der Waals surface area contributed by atoms with E-state index in [1.54, 1.807) is 5.32 Å². The normalized spacial score (nSPS) is 13.0. The van der Waals surface area contributed by atoms with Crippen molar-refractivity contribution in [3.63, 3.8) is 0 Å². The molecule has 0 spiro atoms. The van der Waals surface area contributed by atoms with Gasteiger partial charge in [0.15, 0.2) is 0 Å². The highest BCUT2D eigenvalue weighted by Gasteiger charge is 2.39. The first-order valence-electron chi connectivity index (χ1n) is 8.52. The summed E-state index contributed by atoms with van der Waals surface area (Å²) in [5.74, 6) is -4.09. The second-order valence-electron chi connectivity index (χ2n) is 6.67. The average molecular weight is 445 g/mol. The van der Waals surface area contributed by atoms with E-state index < -0.39 is 45.2 Å². The summed E-state index contributed by atoms with van der Waals surface area (Å²) < 4.78 is 62.5. The molecule has 0 aliphatic heterocycles. The molecule has 1 atom stereocenters. The Bertz CT molecular complexity index is 1080. The molecule has 2 rings (SSSR count). The summed E-state index contributed by atoms with van der Waals surface area (Å²) in [5.41, 5.74) is -0.00390. The molecule has 2 aromatic rings. The fraction of sp³-hybridized carbons (Fsp3) is 0.263. The third-order valence-electron chi connectivity index (χ3n) is 4.23. The molecule has 30 heavy (non-hydrogen) atoms. The lowest BCUT2D eigenvalue weighted by Crippen LogP contribution is -2.42. The second kappa shape index (κ2) is 8.34. The number of benzene rings is 2. The number of hydrogen-bond donors (Lipinski definition) is 3. The summed E-state index contributed by atoms with van der Waals surface area (Å²) in [7, 11) is -4.11. The maximum absolute atomic E-state index is 12.8. The van der Waals surface area contributed by atoms with E-state index in [0.29, 0.717) is 5.56 Å². The molecule has 11 heteroatoms. The molecule has 1 amide bonds. The fourth-order valence-electron chi connectivity index (χ4n) is 2.72. The van der Waals surface area contributed by atoms with Gasteiger partial charge in [-0.2, -0.15) is 13.2 Å². The van der Waals surface area contributed by atoms with Crippen molar-refractivity contribution in [1.82, 2.24) is 5.32 Å². The lowest BCUT2D eigenvalue weighted by atomic mass is 10.1. The van der Waals surface area contributed by atoms with Gasteiger partial charge in [0.1, 0.15) is 11.3 Å². The first-order chi connectivity index (χ1) is 13.7. The van der Waals surface area contributed by atoms with E-state index >= 15 is 0 Å². The number of aromatic hydroxyl groups is 1. The van der Waals surface area contributed by atoms with Crippen LogP contribution < -0.4 is 5.32 Å². The molecule has 0 saturated heterocycles. The quantitative estimate of drug-likeness (QED) is 0.629. The van der Waals surface area contributed by atoms with E-state index in [4.69, 9.17) is 5.11 Å². The van der Waals surface area contributed by atoms with Gasteiger partial charge >= 0.3 is 18.1 Å². The lowest BCUT2D eigenvalue weighted by Gasteiger charge is -2.15. The number of aromatic carboxylic acids is 1. The standard InChI is InChI=1S/C19H18F3NO6S/c1-10-7-14(9-15(16(10)24)17(25)26)30(28,29)13-5-3-12(4-6-13)8-11(2)23-18(27)19(20,21)22/h3-7,9,11,24H,8H2,1-2H3,(H,23,27)(H,25,26). The minimum atomic E-state index is -5.00. The summed E-state index contributed by atoms with van der Waals surface area (Å²) in [6.07, 6.45) is -4.97. The van der Waals surface area contributed by atoms with Gasteiger partial charge in [0.25, 0.3) is 0 Å². The largest absolute Gasteiger partial charge is 0.507 e. The Labute approximate surface area is 170 Å². The van der Waals surface area contributed by atoms with E-state index in [2.05, 4.69) is 0 Å². The van der Waals surface area contributed by atoms with Gasteiger partial charge in [0, 0.05) is 6.04 Å². The van der Waals surface area contributed by atoms with Crippen LogP contribution in [0.25, 0.3) is 0 Å². The smallest absolute Gasteiger partial charge is 0.471 e. The number of sulfone groups is 1. The molecule has 1 unspecified atom stereocenters. The van der Waals surface area contributed by atoms with Crippen LogP contribution in [0, 0.1) is 6.92 Å². The molecule has 162 valence electrons. The van der Waals surface area contributed by atoms with Gasteiger partial charge in [0.2, 0.25) is 9.84 Å². The zero-order valence-corrected chi connectivity index (χ0v) is 16.6. The molecule has 3 N–H and O–H groups in total. The molecule has 0 bridgehead atoms. The highest BCUT2D eigenvalue weighted by atomic mass is 32.2. The Kier molecular flexibility index (Phi) is 6.45. The van der Waals surface area contributed by atoms with Crippen LogP contribution in [-0.4, -0.2) is 42.7 Å². The van der Waals surface area contributed by atoms with Crippen LogP contribution in [0.4, 0.5) is 13.2 Å². The number of carbonyl (C=O) groups excluding carboxylic acids is 1. The fourth-order valence-corrected chi connectivity index (χ4v) is 4.09. The number of halogens is 3. The van der Waals surface area contributed by atoms with Gasteiger partial charge in [-0.1, -0.05) is 12.1 Å². The monoisotopic (exact) mass is 445 g/mol. The maximum Gasteiger partial charge on any atom is 0.471 e. The van der Waals surface area contributed by atoms with E-state index in [-0.39, 0.29) is 21.8 Å². The van der Waals surface area contributed by atoms with Crippen molar-refractivity contribution in [3.05, 3.63) is 53.1 Å². The van der Waals surface area contributed by atoms with Crippen molar-refractivity contribution in [2.75, 3.05) is 0 Å². The van der Waals surface area contributed by atoms with E-state index in [9.17, 15) is 36.3 Å².